The highest BCUT2D eigenvalue weighted by atomic mass is 32.2. The van der Waals surface area contributed by atoms with Crippen LogP contribution < -0.4 is 5.32 Å². The summed E-state index contributed by atoms with van der Waals surface area (Å²) in [6, 6.07) is 6.78. The van der Waals surface area contributed by atoms with E-state index in [1.54, 1.807) is 0 Å². The lowest BCUT2D eigenvalue weighted by molar-refractivity contribution is 0.0991. The highest BCUT2D eigenvalue weighted by Gasteiger charge is 2.18. The highest BCUT2D eigenvalue weighted by molar-refractivity contribution is 7.90. The van der Waals surface area contributed by atoms with Gasteiger partial charge in [0.2, 0.25) is 14.9 Å². The van der Waals surface area contributed by atoms with Gasteiger partial charge in [-0.3, -0.25) is 10.1 Å². The number of hydrogen-bond donors (Lipinski definition) is 1. The van der Waals surface area contributed by atoms with Crippen LogP contribution in [0, 0.1) is 20.8 Å². The van der Waals surface area contributed by atoms with Gasteiger partial charge < -0.3 is 4.42 Å². The zero-order chi connectivity index (χ0) is 19.1. The van der Waals surface area contributed by atoms with E-state index in [9.17, 15) is 13.2 Å². The van der Waals surface area contributed by atoms with Crippen molar-refractivity contribution in [3.8, 4) is 11.3 Å². The fraction of sp³-hybridized carbons (Fsp3) is 0.222. The Bertz CT molecular complexity index is 1090. The van der Waals surface area contributed by atoms with Gasteiger partial charge >= 0.3 is 0 Å². The van der Waals surface area contributed by atoms with Gasteiger partial charge in [0.1, 0.15) is 0 Å². The van der Waals surface area contributed by atoms with Crippen molar-refractivity contribution in [3.05, 3.63) is 52.1 Å². The molecule has 0 fully saturated rings. The monoisotopic (exact) mass is 390 g/mol. The molecule has 0 saturated carbocycles. The summed E-state index contributed by atoms with van der Waals surface area (Å²) in [6.07, 6.45) is 1.02. The number of furan rings is 1. The molecule has 0 saturated heterocycles. The predicted molar refractivity (Wildman–Crippen MR) is 102 cm³/mol. The number of anilines is 1. The van der Waals surface area contributed by atoms with Crippen LogP contribution in [0.25, 0.3) is 11.3 Å². The maximum Gasteiger partial charge on any atom is 0.293 e. The Morgan fingerprint density at radius 1 is 1.12 bits per heavy atom. The van der Waals surface area contributed by atoms with Gasteiger partial charge in [0.15, 0.2) is 10.9 Å². The lowest BCUT2D eigenvalue weighted by atomic mass is 9.99. The van der Waals surface area contributed by atoms with Crippen LogP contribution in [0.3, 0.4) is 0 Å². The van der Waals surface area contributed by atoms with Gasteiger partial charge in [0.05, 0.1) is 5.69 Å². The first-order valence-corrected chi connectivity index (χ1v) is 10.6. The minimum Gasteiger partial charge on any atom is -0.440 e. The fourth-order valence-corrected chi connectivity index (χ4v) is 3.75. The molecule has 3 aromatic rings. The van der Waals surface area contributed by atoms with Crippen LogP contribution in [0.1, 0.15) is 27.2 Å². The van der Waals surface area contributed by atoms with E-state index in [4.69, 9.17) is 4.42 Å². The van der Waals surface area contributed by atoms with E-state index in [-0.39, 0.29) is 10.9 Å². The Morgan fingerprint density at radius 3 is 2.46 bits per heavy atom. The number of carbonyl (C=O) groups is 1. The zero-order valence-electron chi connectivity index (χ0n) is 14.8. The molecular formula is C18H18N2O4S2. The van der Waals surface area contributed by atoms with Crippen LogP contribution in [0.4, 0.5) is 5.13 Å². The van der Waals surface area contributed by atoms with Crippen LogP contribution >= 0.6 is 11.3 Å². The summed E-state index contributed by atoms with van der Waals surface area (Å²) in [5, 5.41) is 4.68. The molecule has 1 N–H and O–H groups in total. The molecule has 6 nitrogen and oxygen atoms in total. The first kappa shape index (κ1) is 18.3. The minimum atomic E-state index is -3.49. The Kier molecular flexibility index (Phi) is 4.72. The lowest BCUT2D eigenvalue weighted by Gasteiger charge is -2.07. The first-order chi connectivity index (χ1) is 12.1. The number of thiazole rings is 1. The van der Waals surface area contributed by atoms with Crippen molar-refractivity contribution >= 4 is 32.2 Å². The third-order valence-electron chi connectivity index (χ3n) is 4.01. The summed E-state index contributed by atoms with van der Waals surface area (Å²) in [6.45, 7) is 6.13. The van der Waals surface area contributed by atoms with Crippen LogP contribution in [-0.2, 0) is 9.84 Å². The lowest BCUT2D eigenvalue weighted by Crippen LogP contribution is -2.10. The molecule has 0 radical (unpaired) electrons. The molecule has 0 aliphatic heterocycles. The summed E-state index contributed by atoms with van der Waals surface area (Å²) in [5.41, 5.74) is 5.30. The van der Waals surface area contributed by atoms with Gasteiger partial charge in [-0.05, 0) is 55.7 Å². The van der Waals surface area contributed by atoms with Gasteiger partial charge in [0.25, 0.3) is 5.91 Å². The van der Waals surface area contributed by atoms with Crippen molar-refractivity contribution in [1.82, 2.24) is 4.98 Å². The molecule has 2 heterocycles. The molecule has 136 valence electrons. The second-order valence-corrected chi connectivity index (χ2v) is 8.94. The molecule has 8 heteroatoms. The average molecular weight is 390 g/mol. The molecule has 1 amide bonds. The molecule has 0 unspecified atom stereocenters. The second kappa shape index (κ2) is 6.69. The molecule has 0 aliphatic rings. The van der Waals surface area contributed by atoms with Crippen molar-refractivity contribution in [1.29, 1.82) is 0 Å². The number of nitrogens with one attached hydrogen (secondary N) is 1. The summed E-state index contributed by atoms with van der Waals surface area (Å²) < 4.78 is 28.0. The van der Waals surface area contributed by atoms with Crippen molar-refractivity contribution < 1.29 is 17.6 Å². The molecule has 2 aromatic heterocycles. The number of benzene rings is 1. The van der Waals surface area contributed by atoms with E-state index in [1.807, 2.05) is 19.2 Å². The normalized spacial score (nSPS) is 11.5. The number of rotatable bonds is 4. The largest absolute Gasteiger partial charge is 0.440 e. The van der Waals surface area contributed by atoms with Crippen LogP contribution in [0.5, 0.6) is 0 Å². The molecule has 26 heavy (non-hydrogen) atoms. The van der Waals surface area contributed by atoms with E-state index in [0.29, 0.717) is 5.13 Å². The van der Waals surface area contributed by atoms with Gasteiger partial charge in [-0.2, -0.15) is 0 Å². The smallest absolute Gasteiger partial charge is 0.293 e. The Morgan fingerprint density at radius 2 is 1.81 bits per heavy atom. The first-order valence-electron chi connectivity index (χ1n) is 7.80. The number of sulfone groups is 1. The molecular weight excluding hydrogens is 372 g/mol. The van der Waals surface area contributed by atoms with E-state index < -0.39 is 15.7 Å². The Hall–Kier alpha value is -2.45. The van der Waals surface area contributed by atoms with Crippen molar-refractivity contribution in [3.63, 3.8) is 0 Å². The minimum absolute atomic E-state index is 0.0791. The Balaban J connectivity index is 1.82. The second-order valence-electron chi connectivity index (χ2n) is 6.13. The van der Waals surface area contributed by atoms with Gasteiger partial charge in [0, 0.05) is 17.2 Å². The molecule has 0 aliphatic carbocycles. The van der Waals surface area contributed by atoms with Gasteiger partial charge in [-0.25, -0.2) is 13.4 Å². The number of carbonyl (C=O) groups excluding carboxylic acids is 1. The molecule has 1 aromatic carbocycles. The number of amides is 1. The number of aromatic nitrogens is 1. The van der Waals surface area contributed by atoms with Crippen LogP contribution in [0.15, 0.2) is 39.2 Å². The summed E-state index contributed by atoms with van der Waals surface area (Å²) >= 11 is 1.30. The standard InChI is InChI=1S/C18H18N2O4S2/c1-10-7-12(3)13(8-11(10)2)14-9-25-18(19-14)20-17(21)15-5-6-16(24-15)26(4,22)23/h5-9H,1-4H3,(H,19,20,21). The molecule has 0 atom stereocenters. The van der Waals surface area contributed by atoms with E-state index >= 15 is 0 Å². The molecule has 0 bridgehead atoms. The predicted octanol–water partition coefficient (Wildman–Crippen LogP) is 3.98. The number of aryl methyl sites for hydroxylation is 3. The van der Waals surface area contributed by atoms with Crippen molar-refractivity contribution in [2.24, 2.45) is 0 Å². The van der Waals surface area contributed by atoms with Crippen LogP contribution in [-0.4, -0.2) is 25.6 Å². The van der Waals surface area contributed by atoms with E-state index in [2.05, 4.69) is 29.4 Å². The van der Waals surface area contributed by atoms with Gasteiger partial charge in [-0.15, -0.1) is 11.3 Å². The average Bonchev–Trinajstić information content (AvgIpc) is 3.19. The highest BCUT2D eigenvalue weighted by Crippen LogP contribution is 2.29. The zero-order valence-corrected chi connectivity index (χ0v) is 16.4. The summed E-state index contributed by atoms with van der Waals surface area (Å²) in [7, 11) is -3.49. The maximum atomic E-state index is 12.2. The topological polar surface area (TPSA) is 89.3 Å². The molecule has 0 spiro atoms. The summed E-state index contributed by atoms with van der Waals surface area (Å²) in [5.74, 6) is -0.623. The molecule has 3 rings (SSSR count). The van der Waals surface area contributed by atoms with Crippen molar-refractivity contribution in [2.45, 2.75) is 25.9 Å². The maximum absolute atomic E-state index is 12.2. The third kappa shape index (κ3) is 3.71. The summed E-state index contributed by atoms with van der Waals surface area (Å²) in [4.78, 5) is 16.7. The van der Waals surface area contributed by atoms with Gasteiger partial charge in [-0.1, -0.05) is 6.07 Å². The fourth-order valence-electron chi connectivity index (χ4n) is 2.49. The Labute approximate surface area is 155 Å². The van der Waals surface area contributed by atoms with E-state index in [0.717, 1.165) is 23.1 Å². The SMILES string of the molecule is Cc1cc(C)c(-c2csc(NC(=O)c3ccc(S(C)(=O)=O)o3)n2)cc1C. The van der Waals surface area contributed by atoms with Crippen molar-refractivity contribution in [2.75, 3.05) is 11.6 Å². The van der Waals surface area contributed by atoms with Crippen LogP contribution in [0.2, 0.25) is 0 Å². The van der Waals surface area contributed by atoms with E-state index in [1.165, 1.54) is 34.6 Å². The quantitative estimate of drug-likeness (QED) is 0.728. The number of nitrogens with zero attached hydrogens (tertiary/aromatic N) is 1. The number of hydrogen-bond acceptors (Lipinski definition) is 6. The third-order valence-corrected chi connectivity index (χ3v) is 5.72.